The molecule has 0 saturated carbocycles. The Labute approximate surface area is 121 Å². The van der Waals surface area contributed by atoms with Gasteiger partial charge in [-0.2, -0.15) is 0 Å². The molecule has 0 bridgehead atoms. The van der Waals surface area contributed by atoms with Gasteiger partial charge in [0.1, 0.15) is 0 Å². The summed E-state index contributed by atoms with van der Waals surface area (Å²) in [6.07, 6.45) is 4.73. The maximum absolute atomic E-state index is 5.89. The van der Waals surface area contributed by atoms with Crippen LogP contribution in [-0.2, 0) is 0 Å². The second kappa shape index (κ2) is 6.97. The van der Waals surface area contributed by atoms with Gasteiger partial charge in [0.25, 0.3) is 0 Å². The third kappa shape index (κ3) is 4.88. The zero-order chi connectivity index (χ0) is 13.7. The van der Waals surface area contributed by atoms with Gasteiger partial charge in [-0.3, -0.25) is 4.90 Å². The zero-order valence-electron chi connectivity index (χ0n) is 11.8. The molecule has 1 aromatic carbocycles. The molecule has 1 aliphatic rings. The molecule has 0 unspecified atom stereocenters. The van der Waals surface area contributed by atoms with Crippen molar-refractivity contribution >= 4 is 17.3 Å². The number of allylic oxidation sites excluding steroid dienone is 1. The summed E-state index contributed by atoms with van der Waals surface area (Å²) in [5, 5.41) is 4.39. The van der Waals surface area contributed by atoms with Gasteiger partial charge in [0.2, 0.25) is 0 Å². The van der Waals surface area contributed by atoms with Crippen LogP contribution in [0, 0.1) is 0 Å². The van der Waals surface area contributed by atoms with Gasteiger partial charge >= 0.3 is 0 Å². The largest absolute Gasteiger partial charge is 0.382 e. The van der Waals surface area contributed by atoms with E-state index in [1.807, 2.05) is 12.1 Å². The molecule has 1 aromatic rings. The summed E-state index contributed by atoms with van der Waals surface area (Å²) in [6.45, 7) is 7.77. The van der Waals surface area contributed by atoms with E-state index in [2.05, 4.69) is 42.3 Å². The smallest absolute Gasteiger partial charge is 0.0407 e. The summed E-state index contributed by atoms with van der Waals surface area (Å²) < 4.78 is 0. The fraction of sp³-hybridized carbons (Fsp3) is 0.500. The van der Waals surface area contributed by atoms with Crippen LogP contribution in [0.25, 0.3) is 0 Å². The van der Waals surface area contributed by atoms with E-state index in [0.29, 0.717) is 6.04 Å². The molecule has 0 aromatic heterocycles. The van der Waals surface area contributed by atoms with Crippen LogP contribution in [0.2, 0.25) is 5.02 Å². The van der Waals surface area contributed by atoms with E-state index in [1.54, 1.807) is 0 Å². The van der Waals surface area contributed by atoms with Crippen LogP contribution >= 0.6 is 11.6 Å². The molecular weight excluding hydrogens is 256 g/mol. The second-order valence-corrected chi connectivity index (χ2v) is 5.94. The number of halogens is 1. The Morgan fingerprint density at radius 2 is 1.89 bits per heavy atom. The number of nitrogens with one attached hydrogen (secondary N) is 1. The molecule has 1 fully saturated rings. The first kappa shape index (κ1) is 14.4. The lowest BCUT2D eigenvalue weighted by Gasteiger charge is -2.32. The minimum Gasteiger partial charge on any atom is -0.382 e. The van der Waals surface area contributed by atoms with Gasteiger partial charge in [0, 0.05) is 36.4 Å². The van der Waals surface area contributed by atoms with E-state index in [0.717, 1.165) is 11.6 Å². The molecule has 1 saturated heterocycles. The molecule has 2 rings (SSSR count). The predicted molar refractivity (Wildman–Crippen MR) is 84.0 cm³/mol. The van der Waals surface area contributed by atoms with Crippen LogP contribution in [0.1, 0.15) is 26.7 Å². The fourth-order valence-corrected chi connectivity index (χ4v) is 2.48. The summed E-state index contributed by atoms with van der Waals surface area (Å²) in [5.74, 6) is 0. The van der Waals surface area contributed by atoms with Crippen LogP contribution < -0.4 is 5.32 Å². The molecule has 19 heavy (non-hydrogen) atoms. The first-order valence-electron chi connectivity index (χ1n) is 7.01. The summed E-state index contributed by atoms with van der Waals surface area (Å²) in [7, 11) is 0. The molecule has 1 heterocycles. The number of hydrogen-bond acceptors (Lipinski definition) is 2. The minimum atomic E-state index is 0.587. The van der Waals surface area contributed by atoms with Gasteiger partial charge in [0.05, 0.1) is 0 Å². The van der Waals surface area contributed by atoms with Crippen molar-refractivity contribution < 1.29 is 0 Å². The normalized spacial score (nSPS) is 17.2. The standard InChI is InChI=1S/C16H23ClN2/c1-13(2)7-10-19-11-8-16(9-12-19)18-15-5-3-14(17)4-6-15/h3-7,16,18H,8-12H2,1-2H3. The molecule has 3 heteroatoms. The predicted octanol–water partition coefficient (Wildman–Crippen LogP) is 4.18. The van der Waals surface area contributed by atoms with Gasteiger partial charge in [-0.1, -0.05) is 23.3 Å². The lowest BCUT2D eigenvalue weighted by Crippen LogP contribution is -2.39. The van der Waals surface area contributed by atoms with Crippen molar-refractivity contribution in [3.63, 3.8) is 0 Å². The zero-order valence-corrected chi connectivity index (χ0v) is 12.6. The van der Waals surface area contributed by atoms with Crippen LogP contribution in [0.5, 0.6) is 0 Å². The van der Waals surface area contributed by atoms with Crippen LogP contribution in [0.15, 0.2) is 35.9 Å². The van der Waals surface area contributed by atoms with Crippen molar-refractivity contribution in [1.82, 2.24) is 4.90 Å². The molecule has 0 atom stereocenters. The number of rotatable bonds is 4. The number of benzene rings is 1. The van der Waals surface area contributed by atoms with Crippen molar-refractivity contribution in [1.29, 1.82) is 0 Å². The molecule has 0 radical (unpaired) electrons. The Hall–Kier alpha value is -0.990. The van der Waals surface area contributed by atoms with Gasteiger partial charge in [-0.25, -0.2) is 0 Å². The second-order valence-electron chi connectivity index (χ2n) is 5.51. The van der Waals surface area contributed by atoms with Crippen molar-refractivity contribution in [3.05, 3.63) is 40.9 Å². The molecule has 0 amide bonds. The third-order valence-electron chi connectivity index (χ3n) is 3.56. The van der Waals surface area contributed by atoms with Crippen LogP contribution in [-0.4, -0.2) is 30.6 Å². The van der Waals surface area contributed by atoms with E-state index in [1.165, 1.54) is 37.2 Å². The molecule has 1 aliphatic heterocycles. The van der Waals surface area contributed by atoms with E-state index in [4.69, 9.17) is 11.6 Å². The maximum atomic E-state index is 5.89. The van der Waals surface area contributed by atoms with E-state index in [-0.39, 0.29) is 0 Å². The molecule has 0 aliphatic carbocycles. The lowest BCUT2D eigenvalue weighted by molar-refractivity contribution is 0.240. The van der Waals surface area contributed by atoms with E-state index >= 15 is 0 Å². The maximum Gasteiger partial charge on any atom is 0.0407 e. The van der Waals surface area contributed by atoms with Crippen LogP contribution in [0.4, 0.5) is 5.69 Å². The van der Waals surface area contributed by atoms with Crippen molar-refractivity contribution in [2.75, 3.05) is 25.0 Å². The summed E-state index contributed by atoms with van der Waals surface area (Å²) in [4.78, 5) is 2.52. The lowest BCUT2D eigenvalue weighted by atomic mass is 10.0. The van der Waals surface area contributed by atoms with E-state index in [9.17, 15) is 0 Å². The van der Waals surface area contributed by atoms with Gasteiger partial charge in [-0.05, 0) is 51.0 Å². The van der Waals surface area contributed by atoms with E-state index < -0.39 is 0 Å². The highest BCUT2D eigenvalue weighted by atomic mass is 35.5. The highest BCUT2D eigenvalue weighted by molar-refractivity contribution is 6.30. The molecule has 104 valence electrons. The van der Waals surface area contributed by atoms with Gasteiger partial charge in [-0.15, -0.1) is 0 Å². The van der Waals surface area contributed by atoms with Crippen LogP contribution in [0.3, 0.4) is 0 Å². The first-order valence-corrected chi connectivity index (χ1v) is 7.39. The summed E-state index contributed by atoms with van der Waals surface area (Å²) >= 11 is 5.89. The Morgan fingerprint density at radius 3 is 2.47 bits per heavy atom. The molecule has 2 nitrogen and oxygen atoms in total. The Kier molecular flexibility index (Phi) is 5.29. The highest BCUT2D eigenvalue weighted by Gasteiger charge is 2.17. The molecular formula is C16H23ClN2. The van der Waals surface area contributed by atoms with Gasteiger partial charge in [0.15, 0.2) is 0 Å². The van der Waals surface area contributed by atoms with Crippen molar-refractivity contribution in [3.8, 4) is 0 Å². The number of hydrogen-bond donors (Lipinski definition) is 1. The number of piperidine rings is 1. The number of likely N-dealkylation sites (tertiary alicyclic amines) is 1. The highest BCUT2D eigenvalue weighted by Crippen LogP contribution is 2.18. The number of anilines is 1. The Balaban J connectivity index is 1.77. The third-order valence-corrected chi connectivity index (χ3v) is 3.81. The SMILES string of the molecule is CC(C)=CCN1CCC(Nc2ccc(Cl)cc2)CC1. The molecule has 0 spiro atoms. The van der Waals surface area contributed by atoms with Gasteiger partial charge < -0.3 is 5.32 Å². The quantitative estimate of drug-likeness (QED) is 0.831. The fourth-order valence-electron chi connectivity index (χ4n) is 2.35. The monoisotopic (exact) mass is 278 g/mol. The minimum absolute atomic E-state index is 0.587. The molecule has 1 N–H and O–H groups in total. The summed E-state index contributed by atoms with van der Waals surface area (Å²) in [6, 6.07) is 8.57. The average molecular weight is 279 g/mol. The summed E-state index contributed by atoms with van der Waals surface area (Å²) in [5.41, 5.74) is 2.58. The first-order chi connectivity index (χ1) is 9.13. The number of nitrogens with zero attached hydrogens (tertiary/aromatic N) is 1. The average Bonchev–Trinajstić information content (AvgIpc) is 2.40. The van der Waals surface area contributed by atoms with Crippen molar-refractivity contribution in [2.45, 2.75) is 32.7 Å². The Bertz CT molecular complexity index is 413. The van der Waals surface area contributed by atoms with Crippen molar-refractivity contribution in [2.24, 2.45) is 0 Å². The topological polar surface area (TPSA) is 15.3 Å². The Morgan fingerprint density at radius 1 is 1.26 bits per heavy atom.